The molecule has 1 N–H and O–H groups in total. The maximum atomic E-state index is 5.95. The summed E-state index contributed by atoms with van der Waals surface area (Å²) in [4.78, 5) is 0. The normalized spacial score (nSPS) is 10.2. The van der Waals surface area contributed by atoms with Crippen LogP contribution in [0.4, 0.5) is 11.4 Å². The summed E-state index contributed by atoms with van der Waals surface area (Å²) >= 11 is 11.9. The molecular formula is C13H11Cl2N. The second-order valence-electron chi connectivity index (χ2n) is 3.59. The van der Waals surface area contributed by atoms with Gasteiger partial charge in [0.25, 0.3) is 0 Å². The van der Waals surface area contributed by atoms with Crippen LogP contribution in [0.5, 0.6) is 0 Å². The highest BCUT2D eigenvalue weighted by molar-refractivity contribution is 6.31. The minimum atomic E-state index is 0.713. The van der Waals surface area contributed by atoms with Gasteiger partial charge in [-0.3, -0.25) is 0 Å². The summed E-state index contributed by atoms with van der Waals surface area (Å²) in [5.74, 6) is 0. The molecule has 3 heteroatoms. The zero-order chi connectivity index (χ0) is 11.5. The van der Waals surface area contributed by atoms with Gasteiger partial charge in [0.05, 0.1) is 0 Å². The average Bonchev–Trinajstić information content (AvgIpc) is 2.24. The Labute approximate surface area is 105 Å². The third kappa shape index (κ3) is 2.69. The third-order valence-corrected chi connectivity index (χ3v) is 2.77. The molecular weight excluding hydrogens is 241 g/mol. The molecule has 0 bridgehead atoms. The first-order chi connectivity index (χ1) is 7.65. The van der Waals surface area contributed by atoms with Crippen molar-refractivity contribution in [2.75, 3.05) is 5.32 Å². The zero-order valence-corrected chi connectivity index (χ0v) is 10.3. The number of hydrogen-bond acceptors (Lipinski definition) is 1. The van der Waals surface area contributed by atoms with Crippen LogP contribution >= 0.6 is 23.2 Å². The Morgan fingerprint density at radius 1 is 0.938 bits per heavy atom. The highest BCUT2D eigenvalue weighted by Crippen LogP contribution is 2.25. The maximum Gasteiger partial charge on any atom is 0.0428 e. The van der Waals surface area contributed by atoms with Gasteiger partial charge in [0.15, 0.2) is 0 Å². The van der Waals surface area contributed by atoms with E-state index in [4.69, 9.17) is 23.2 Å². The molecule has 0 aliphatic rings. The molecule has 0 saturated heterocycles. The molecule has 0 spiro atoms. The molecule has 0 aliphatic carbocycles. The number of nitrogens with one attached hydrogen (secondary N) is 1. The summed E-state index contributed by atoms with van der Waals surface area (Å²) in [7, 11) is 0. The van der Waals surface area contributed by atoms with Gasteiger partial charge in [-0.05, 0) is 42.8 Å². The summed E-state index contributed by atoms with van der Waals surface area (Å²) in [6.45, 7) is 2.03. The van der Waals surface area contributed by atoms with E-state index in [1.807, 2.05) is 49.4 Å². The predicted octanol–water partition coefficient (Wildman–Crippen LogP) is 5.05. The summed E-state index contributed by atoms with van der Waals surface area (Å²) in [5.41, 5.74) is 3.09. The van der Waals surface area contributed by atoms with Crippen LogP contribution < -0.4 is 5.32 Å². The molecule has 2 aromatic carbocycles. The number of benzene rings is 2. The fourth-order valence-corrected chi connectivity index (χ4v) is 1.81. The van der Waals surface area contributed by atoms with Gasteiger partial charge in [0.1, 0.15) is 0 Å². The van der Waals surface area contributed by atoms with Crippen molar-refractivity contribution < 1.29 is 0 Å². The van der Waals surface area contributed by atoms with Gasteiger partial charge in [-0.2, -0.15) is 0 Å². The lowest BCUT2D eigenvalue weighted by atomic mass is 10.2. The van der Waals surface area contributed by atoms with Crippen LogP contribution in [0.25, 0.3) is 0 Å². The lowest BCUT2D eigenvalue weighted by molar-refractivity contribution is 1.43. The summed E-state index contributed by atoms with van der Waals surface area (Å²) in [6, 6.07) is 13.4. The second kappa shape index (κ2) is 4.77. The van der Waals surface area contributed by atoms with Crippen molar-refractivity contribution in [1.29, 1.82) is 0 Å². The van der Waals surface area contributed by atoms with Gasteiger partial charge in [-0.15, -0.1) is 0 Å². The Balaban J connectivity index is 2.30. The van der Waals surface area contributed by atoms with Gasteiger partial charge in [-0.1, -0.05) is 35.3 Å². The Bertz CT molecular complexity index is 509. The van der Waals surface area contributed by atoms with Gasteiger partial charge in [0.2, 0.25) is 0 Å². The molecule has 0 aliphatic heterocycles. The van der Waals surface area contributed by atoms with Crippen LogP contribution in [-0.2, 0) is 0 Å². The van der Waals surface area contributed by atoms with E-state index in [-0.39, 0.29) is 0 Å². The number of aryl methyl sites for hydroxylation is 1. The molecule has 82 valence electrons. The van der Waals surface area contributed by atoms with E-state index in [0.29, 0.717) is 5.02 Å². The Morgan fingerprint density at radius 2 is 1.69 bits per heavy atom. The first kappa shape index (κ1) is 11.3. The largest absolute Gasteiger partial charge is 0.355 e. The Morgan fingerprint density at radius 3 is 2.44 bits per heavy atom. The molecule has 1 nitrogen and oxygen atoms in total. The van der Waals surface area contributed by atoms with E-state index in [0.717, 1.165) is 22.0 Å². The molecule has 0 saturated carbocycles. The topological polar surface area (TPSA) is 12.0 Å². The summed E-state index contributed by atoms with van der Waals surface area (Å²) in [5, 5.41) is 4.72. The summed E-state index contributed by atoms with van der Waals surface area (Å²) in [6.07, 6.45) is 0. The summed E-state index contributed by atoms with van der Waals surface area (Å²) < 4.78 is 0. The quantitative estimate of drug-likeness (QED) is 0.788. The molecule has 0 radical (unpaired) electrons. The molecule has 2 rings (SSSR count). The minimum absolute atomic E-state index is 0.713. The number of anilines is 2. The van der Waals surface area contributed by atoms with Crippen molar-refractivity contribution in [3.05, 3.63) is 58.1 Å². The lowest BCUT2D eigenvalue weighted by Gasteiger charge is -2.10. The lowest BCUT2D eigenvalue weighted by Crippen LogP contribution is -1.92. The van der Waals surface area contributed by atoms with Crippen LogP contribution in [0.15, 0.2) is 42.5 Å². The fourth-order valence-electron chi connectivity index (χ4n) is 1.45. The third-order valence-electron chi connectivity index (χ3n) is 2.30. The first-order valence-electron chi connectivity index (χ1n) is 4.94. The molecule has 16 heavy (non-hydrogen) atoms. The van der Waals surface area contributed by atoms with Crippen molar-refractivity contribution in [2.45, 2.75) is 6.92 Å². The average molecular weight is 252 g/mol. The second-order valence-corrected chi connectivity index (χ2v) is 4.47. The zero-order valence-electron chi connectivity index (χ0n) is 8.80. The van der Waals surface area contributed by atoms with Gasteiger partial charge in [0, 0.05) is 21.4 Å². The molecule has 0 unspecified atom stereocenters. The van der Waals surface area contributed by atoms with Crippen LogP contribution in [0, 0.1) is 6.92 Å². The number of hydrogen-bond donors (Lipinski definition) is 1. The van der Waals surface area contributed by atoms with E-state index in [2.05, 4.69) is 5.32 Å². The van der Waals surface area contributed by atoms with E-state index >= 15 is 0 Å². The number of halogens is 2. The van der Waals surface area contributed by atoms with Crippen molar-refractivity contribution in [3.8, 4) is 0 Å². The van der Waals surface area contributed by atoms with Gasteiger partial charge in [-0.25, -0.2) is 0 Å². The van der Waals surface area contributed by atoms with Crippen molar-refractivity contribution in [1.82, 2.24) is 0 Å². The SMILES string of the molecule is Cc1ccc(Cl)cc1Nc1cccc(Cl)c1. The molecule has 2 aromatic rings. The molecule has 0 amide bonds. The molecule has 0 atom stereocenters. The monoisotopic (exact) mass is 251 g/mol. The van der Waals surface area contributed by atoms with Gasteiger partial charge >= 0.3 is 0 Å². The Hall–Kier alpha value is -1.18. The number of rotatable bonds is 2. The van der Waals surface area contributed by atoms with Crippen LogP contribution in [0.1, 0.15) is 5.56 Å². The fraction of sp³-hybridized carbons (Fsp3) is 0.0769. The minimum Gasteiger partial charge on any atom is -0.355 e. The van der Waals surface area contributed by atoms with E-state index in [1.165, 1.54) is 0 Å². The van der Waals surface area contributed by atoms with E-state index < -0.39 is 0 Å². The van der Waals surface area contributed by atoms with Crippen molar-refractivity contribution in [2.24, 2.45) is 0 Å². The predicted molar refractivity (Wildman–Crippen MR) is 70.9 cm³/mol. The van der Waals surface area contributed by atoms with Gasteiger partial charge < -0.3 is 5.32 Å². The molecule has 0 fully saturated rings. The smallest absolute Gasteiger partial charge is 0.0428 e. The van der Waals surface area contributed by atoms with Crippen LogP contribution in [0.2, 0.25) is 10.0 Å². The van der Waals surface area contributed by atoms with Crippen molar-refractivity contribution in [3.63, 3.8) is 0 Å². The highest BCUT2D eigenvalue weighted by atomic mass is 35.5. The standard InChI is InChI=1S/C13H11Cl2N/c1-9-5-6-11(15)8-13(9)16-12-4-2-3-10(14)7-12/h2-8,16H,1H3. The van der Waals surface area contributed by atoms with Crippen LogP contribution in [-0.4, -0.2) is 0 Å². The maximum absolute atomic E-state index is 5.95. The van der Waals surface area contributed by atoms with Crippen LogP contribution in [0.3, 0.4) is 0 Å². The van der Waals surface area contributed by atoms with E-state index in [9.17, 15) is 0 Å². The molecule has 0 aromatic heterocycles. The molecule has 0 heterocycles. The van der Waals surface area contributed by atoms with E-state index in [1.54, 1.807) is 0 Å². The highest BCUT2D eigenvalue weighted by Gasteiger charge is 2.00. The first-order valence-corrected chi connectivity index (χ1v) is 5.69. The van der Waals surface area contributed by atoms with Crippen molar-refractivity contribution >= 4 is 34.6 Å². The Kier molecular flexibility index (Phi) is 3.37.